The lowest BCUT2D eigenvalue weighted by atomic mass is 10.2. The number of thiophene rings is 1. The van der Waals surface area contributed by atoms with Gasteiger partial charge in [-0.25, -0.2) is 4.68 Å². The number of amides is 1. The van der Waals surface area contributed by atoms with E-state index in [-0.39, 0.29) is 5.91 Å². The normalized spacial score (nSPS) is 17.6. The second-order valence-corrected chi connectivity index (χ2v) is 7.19. The van der Waals surface area contributed by atoms with Crippen LogP contribution in [0.4, 0.5) is 0 Å². The van der Waals surface area contributed by atoms with Crippen molar-refractivity contribution in [2.24, 2.45) is 0 Å². The highest BCUT2D eigenvalue weighted by molar-refractivity contribution is 7.13. The summed E-state index contributed by atoms with van der Waals surface area (Å²) in [6.45, 7) is 4.35. The average molecular weight is 352 g/mol. The van der Waals surface area contributed by atoms with Gasteiger partial charge in [0, 0.05) is 25.7 Å². The van der Waals surface area contributed by atoms with E-state index in [1.165, 1.54) is 0 Å². The van der Waals surface area contributed by atoms with Crippen molar-refractivity contribution in [2.45, 2.75) is 13.0 Å². The van der Waals surface area contributed by atoms with Crippen molar-refractivity contribution < 1.29 is 4.79 Å². The van der Waals surface area contributed by atoms with Crippen LogP contribution in [0, 0.1) is 0 Å². The molecule has 5 nitrogen and oxygen atoms in total. The topological polar surface area (TPSA) is 50.2 Å². The van der Waals surface area contributed by atoms with Gasteiger partial charge >= 0.3 is 0 Å². The minimum Gasteiger partial charge on any atom is -0.334 e. The number of para-hydroxylation sites is 1. The van der Waals surface area contributed by atoms with Crippen molar-refractivity contribution in [3.05, 3.63) is 59.6 Å². The van der Waals surface area contributed by atoms with E-state index in [2.05, 4.69) is 23.4 Å². The van der Waals surface area contributed by atoms with Crippen LogP contribution in [0.1, 0.15) is 17.4 Å². The van der Waals surface area contributed by atoms with E-state index in [0.717, 1.165) is 29.3 Å². The van der Waals surface area contributed by atoms with Gasteiger partial charge in [0.05, 0.1) is 16.3 Å². The maximum atomic E-state index is 12.9. The monoisotopic (exact) mass is 352 g/mol. The number of rotatable bonds is 3. The molecule has 4 rings (SSSR count). The van der Waals surface area contributed by atoms with Crippen molar-refractivity contribution in [2.75, 3.05) is 19.6 Å². The van der Waals surface area contributed by atoms with Gasteiger partial charge in [-0.3, -0.25) is 4.79 Å². The molecule has 1 fully saturated rings. The Bertz CT molecular complexity index is 857. The minimum atomic E-state index is 0.000775. The van der Waals surface area contributed by atoms with Crippen LogP contribution in [0.2, 0.25) is 0 Å². The van der Waals surface area contributed by atoms with Crippen molar-refractivity contribution in [1.29, 1.82) is 0 Å². The molecule has 1 N–H and O–H groups in total. The van der Waals surface area contributed by atoms with E-state index in [0.29, 0.717) is 18.3 Å². The van der Waals surface area contributed by atoms with Crippen molar-refractivity contribution in [1.82, 2.24) is 20.0 Å². The van der Waals surface area contributed by atoms with Crippen LogP contribution >= 0.6 is 11.3 Å². The molecule has 0 spiro atoms. The molecule has 1 amide bonds. The van der Waals surface area contributed by atoms with Crippen molar-refractivity contribution in [3.63, 3.8) is 0 Å². The molecular formula is C19H20N4OS. The third kappa shape index (κ3) is 3.23. The fraction of sp³-hybridized carbons (Fsp3) is 0.263. The van der Waals surface area contributed by atoms with Crippen LogP contribution in [-0.4, -0.2) is 46.3 Å². The highest BCUT2D eigenvalue weighted by atomic mass is 32.1. The van der Waals surface area contributed by atoms with E-state index in [1.807, 2.05) is 57.4 Å². The lowest BCUT2D eigenvalue weighted by molar-refractivity contribution is 0.0702. The standard InChI is InChI=1S/C19H20N4OS/c1-14-13-22(10-9-20-14)19(24)16-12-17(18-8-5-11-25-18)23(21-16)15-6-3-2-4-7-15/h2-8,11-12,14,20H,9-10,13H2,1H3. The van der Waals surface area contributed by atoms with Crippen molar-refractivity contribution >= 4 is 17.2 Å². The zero-order valence-electron chi connectivity index (χ0n) is 14.1. The molecule has 1 saturated heterocycles. The molecule has 3 heterocycles. The number of piperazine rings is 1. The molecule has 1 aromatic carbocycles. The van der Waals surface area contributed by atoms with Gasteiger partial charge in [0.1, 0.15) is 0 Å². The van der Waals surface area contributed by atoms with Crippen LogP contribution < -0.4 is 5.32 Å². The molecule has 2 aromatic heterocycles. The Balaban J connectivity index is 1.73. The molecule has 1 unspecified atom stereocenters. The summed E-state index contributed by atoms with van der Waals surface area (Å²) < 4.78 is 1.87. The predicted octanol–water partition coefficient (Wildman–Crippen LogP) is 3.03. The predicted molar refractivity (Wildman–Crippen MR) is 100 cm³/mol. The van der Waals surface area contributed by atoms with E-state index in [1.54, 1.807) is 11.3 Å². The van der Waals surface area contributed by atoms with Gasteiger partial charge in [0.2, 0.25) is 0 Å². The number of hydrogen-bond acceptors (Lipinski definition) is 4. The zero-order valence-corrected chi connectivity index (χ0v) is 14.9. The second-order valence-electron chi connectivity index (χ2n) is 6.25. The third-order valence-corrected chi connectivity index (χ3v) is 5.25. The van der Waals surface area contributed by atoms with Gasteiger partial charge in [-0.15, -0.1) is 11.3 Å². The largest absolute Gasteiger partial charge is 0.334 e. The van der Waals surface area contributed by atoms with Gasteiger partial charge in [-0.05, 0) is 36.6 Å². The summed E-state index contributed by atoms with van der Waals surface area (Å²) in [7, 11) is 0. The SMILES string of the molecule is CC1CN(C(=O)c2cc(-c3cccs3)n(-c3ccccc3)n2)CCN1. The molecule has 6 heteroatoms. The number of carbonyl (C=O) groups is 1. The van der Waals surface area contributed by atoms with Crippen LogP contribution in [-0.2, 0) is 0 Å². The van der Waals surface area contributed by atoms with Gasteiger partial charge in [-0.1, -0.05) is 24.3 Å². The van der Waals surface area contributed by atoms with E-state index < -0.39 is 0 Å². The lowest BCUT2D eigenvalue weighted by Gasteiger charge is -2.31. The molecule has 3 aromatic rings. The first-order chi connectivity index (χ1) is 12.2. The molecule has 1 atom stereocenters. The summed E-state index contributed by atoms with van der Waals surface area (Å²) in [5, 5.41) is 10.1. The fourth-order valence-electron chi connectivity index (χ4n) is 3.13. The van der Waals surface area contributed by atoms with Crippen LogP contribution in [0.25, 0.3) is 16.3 Å². The Kier molecular flexibility index (Phi) is 4.38. The minimum absolute atomic E-state index is 0.000775. The highest BCUT2D eigenvalue weighted by Gasteiger charge is 2.25. The number of nitrogens with zero attached hydrogens (tertiary/aromatic N) is 3. The second kappa shape index (κ2) is 6.82. The Morgan fingerprint density at radius 3 is 2.80 bits per heavy atom. The van der Waals surface area contributed by atoms with Gasteiger partial charge in [-0.2, -0.15) is 5.10 Å². The molecular weight excluding hydrogens is 332 g/mol. The number of benzene rings is 1. The van der Waals surface area contributed by atoms with Gasteiger partial charge < -0.3 is 10.2 Å². The molecule has 1 aliphatic rings. The van der Waals surface area contributed by atoms with E-state index in [4.69, 9.17) is 0 Å². The molecule has 1 aliphatic heterocycles. The first-order valence-corrected chi connectivity index (χ1v) is 9.32. The average Bonchev–Trinajstić information content (AvgIpc) is 3.31. The lowest BCUT2D eigenvalue weighted by Crippen LogP contribution is -2.51. The summed E-state index contributed by atoms with van der Waals surface area (Å²) in [6.07, 6.45) is 0. The Hall–Kier alpha value is -2.44. The number of nitrogens with one attached hydrogen (secondary N) is 1. The Labute approximate surface area is 150 Å². The highest BCUT2D eigenvalue weighted by Crippen LogP contribution is 2.28. The van der Waals surface area contributed by atoms with E-state index in [9.17, 15) is 4.79 Å². The van der Waals surface area contributed by atoms with Crippen LogP contribution in [0.15, 0.2) is 53.9 Å². The molecule has 128 valence electrons. The van der Waals surface area contributed by atoms with Crippen LogP contribution in [0.3, 0.4) is 0 Å². The number of hydrogen-bond donors (Lipinski definition) is 1. The summed E-state index contributed by atoms with van der Waals surface area (Å²) in [5.74, 6) is 0.000775. The van der Waals surface area contributed by atoms with Gasteiger partial charge in [0.25, 0.3) is 5.91 Å². The molecule has 25 heavy (non-hydrogen) atoms. The van der Waals surface area contributed by atoms with Crippen molar-refractivity contribution in [3.8, 4) is 16.3 Å². The Morgan fingerprint density at radius 1 is 1.24 bits per heavy atom. The molecule has 0 radical (unpaired) electrons. The number of carbonyl (C=O) groups excluding carboxylic acids is 1. The summed E-state index contributed by atoms with van der Waals surface area (Å²) in [5.41, 5.74) is 2.41. The quantitative estimate of drug-likeness (QED) is 0.788. The first-order valence-electron chi connectivity index (χ1n) is 8.44. The third-order valence-electron chi connectivity index (χ3n) is 4.36. The maximum Gasteiger partial charge on any atom is 0.274 e. The maximum absolute atomic E-state index is 12.9. The summed E-state index contributed by atoms with van der Waals surface area (Å²) in [4.78, 5) is 15.9. The van der Waals surface area contributed by atoms with Gasteiger partial charge in [0.15, 0.2) is 5.69 Å². The molecule has 0 bridgehead atoms. The molecule has 0 saturated carbocycles. The first kappa shape index (κ1) is 16.1. The van der Waals surface area contributed by atoms with E-state index >= 15 is 0 Å². The smallest absolute Gasteiger partial charge is 0.274 e. The molecule has 0 aliphatic carbocycles. The fourth-order valence-corrected chi connectivity index (χ4v) is 3.86. The number of aromatic nitrogens is 2. The zero-order chi connectivity index (χ0) is 17.2. The van der Waals surface area contributed by atoms with Crippen LogP contribution in [0.5, 0.6) is 0 Å². The Morgan fingerprint density at radius 2 is 2.08 bits per heavy atom. The summed E-state index contributed by atoms with van der Waals surface area (Å²) in [6, 6.07) is 16.2. The summed E-state index contributed by atoms with van der Waals surface area (Å²) >= 11 is 1.65.